The number of allylic oxidation sites excluding steroid dienone is 2. The van der Waals surface area contributed by atoms with Gasteiger partial charge in [-0.25, -0.2) is 4.79 Å². The quantitative estimate of drug-likeness (QED) is 0.437. The lowest BCUT2D eigenvalue weighted by atomic mass is 10.1. The molecule has 7 nitrogen and oxygen atoms in total. The topological polar surface area (TPSA) is 119 Å². The molecule has 0 bridgehead atoms. The molecule has 0 atom stereocenters. The van der Waals surface area contributed by atoms with Gasteiger partial charge in [-0.05, 0) is 23.8 Å². The van der Waals surface area contributed by atoms with Crippen LogP contribution in [0.15, 0.2) is 35.9 Å². The highest BCUT2D eigenvalue weighted by Gasteiger charge is 2.06. The van der Waals surface area contributed by atoms with E-state index in [0.717, 1.165) is 6.08 Å². The maximum atomic E-state index is 11.3. The smallest absolute Gasteiger partial charge is 0.346 e. The molecule has 0 aliphatic heterocycles. The van der Waals surface area contributed by atoms with Crippen molar-refractivity contribution in [2.24, 2.45) is 0 Å². The zero-order chi connectivity index (χ0) is 17.4. The van der Waals surface area contributed by atoms with E-state index in [1.54, 1.807) is 30.3 Å². The first-order valence-corrected chi connectivity index (χ1v) is 6.54. The second-order valence-electron chi connectivity index (χ2n) is 4.52. The Morgan fingerprint density at radius 1 is 1.17 bits per heavy atom. The summed E-state index contributed by atoms with van der Waals surface area (Å²) in [5.74, 6) is -1.86. The summed E-state index contributed by atoms with van der Waals surface area (Å²) in [5.41, 5.74) is 1.14. The SMILES string of the molecule is CC(=O)Nc1ccc(C=CC=C(C#N)C(=O)O)c(NC(C)=O)c1. The van der Waals surface area contributed by atoms with E-state index in [1.165, 1.54) is 19.9 Å². The molecular weight excluding hydrogens is 298 g/mol. The van der Waals surface area contributed by atoms with Gasteiger partial charge in [-0.3, -0.25) is 9.59 Å². The fraction of sp³-hybridized carbons (Fsp3) is 0.125. The van der Waals surface area contributed by atoms with Crippen molar-refractivity contribution in [3.8, 4) is 6.07 Å². The summed E-state index contributed by atoms with van der Waals surface area (Å²) in [4.78, 5) is 33.0. The van der Waals surface area contributed by atoms with Crippen LogP contribution in [0.5, 0.6) is 0 Å². The van der Waals surface area contributed by atoms with E-state index in [4.69, 9.17) is 10.4 Å². The molecule has 118 valence electrons. The largest absolute Gasteiger partial charge is 0.477 e. The van der Waals surface area contributed by atoms with Crippen molar-refractivity contribution in [2.75, 3.05) is 10.6 Å². The number of benzene rings is 1. The van der Waals surface area contributed by atoms with Crippen molar-refractivity contribution in [2.45, 2.75) is 13.8 Å². The highest BCUT2D eigenvalue weighted by atomic mass is 16.4. The van der Waals surface area contributed by atoms with Gasteiger partial charge in [0.15, 0.2) is 0 Å². The number of anilines is 2. The molecule has 23 heavy (non-hydrogen) atoms. The summed E-state index contributed by atoms with van der Waals surface area (Å²) in [6.07, 6.45) is 4.09. The minimum absolute atomic E-state index is 0.245. The van der Waals surface area contributed by atoms with Crippen molar-refractivity contribution in [1.82, 2.24) is 0 Å². The predicted molar refractivity (Wildman–Crippen MR) is 85.4 cm³/mol. The number of amides is 2. The van der Waals surface area contributed by atoms with Gasteiger partial charge in [-0.2, -0.15) is 5.26 Å². The molecule has 1 rings (SSSR count). The van der Waals surface area contributed by atoms with Crippen LogP contribution in [0.25, 0.3) is 6.08 Å². The molecule has 0 radical (unpaired) electrons. The Balaban J connectivity index is 3.14. The average Bonchev–Trinajstić information content (AvgIpc) is 2.43. The van der Waals surface area contributed by atoms with Gasteiger partial charge in [0.2, 0.25) is 11.8 Å². The molecule has 0 saturated heterocycles. The molecule has 1 aromatic carbocycles. The van der Waals surface area contributed by atoms with Crippen LogP contribution in [0.4, 0.5) is 11.4 Å². The maximum Gasteiger partial charge on any atom is 0.346 e. The molecule has 0 aliphatic carbocycles. The number of nitrogens with zero attached hydrogens (tertiary/aromatic N) is 1. The molecular formula is C16H15N3O4. The first-order chi connectivity index (χ1) is 10.8. The molecule has 0 spiro atoms. The highest BCUT2D eigenvalue weighted by molar-refractivity contribution is 5.95. The normalized spacial score (nSPS) is 10.9. The van der Waals surface area contributed by atoms with E-state index >= 15 is 0 Å². The number of carbonyl (C=O) groups excluding carboxylic acids is 2. The lowest BCUT2D eigenvalue weighted by molar-refractivity contribution is -0.132. The first-order valence-electron chi connectivity index (χ1n) is 6.54. The second kappa shape index (κ2) is 8.14. The molecule has 0 heterocycles. The van der Waals surface area contributed by atoms with E-state index in [9.17, 15) is 14.4 Å². The van der Waals surface area contributed by atoms with Crippen molar-refractivity contribution < 1.29 is 19.5 Å². The molecule has 0 aromatic heterocycles. The van der Waals surface area contributed by atoms with E-state index in [0.29, 0.717) is 16.9 Å². The van der Waals surface area contributed by atoms with Crippen LogP contribution in [-0.4, -0.2) is 22.9 Å². The Labute approximate surface area is 132 Å². The van der Waals surface area contributed by atoms with Crippen molar-refractivity contribution >= 4 is 35.2 Å². The van der Waals surface area contributed by atoms with Crippen molar-refractivity contribution in [3.05, 3.63) is 41.5 Å². The van der Waals surface area contributed by atoms with Crippen LogP contribution in [-0.2, 0) is 14.4 Å². The zero-order valence-corrected chi connectivity index (χ0v) is 12.6. The number of nitrogens with one attached hydrogen (secondary N) is 2. The summed E-state index contributed by atoms with van der Waals surface area (Å²) in [5, 5.41) is 22.6. The van der Waals surface area contributed by atoms with Crippen LogP contribution in [0.3, 0.4) is 0 Å². The van der Waals surface area contributed by atoms with Crippen LogP contribution >= 0.6 is 0 Å². The number of carboxylic acids is 1. The van der Waals surface area contributed by atoms with E-state index in [1.807, 2.05) is 0 Å². The van der Waals surface area contributed by atoms with Crippen molar-refractivity contribution in [3.63, 3.8) is 0 Å². The fourth-order valence-electron chi connectivity index (χ4n) is 1.68. The van der Waals surface area contributed by atoms with E-state index in [2.05, 4.69) is 10.6 Å². The molecule has 3 N–H and O–H groups in total. The highest BCUT2D eigenvalue weighted by Crippen LogP contribution is 2.22. The van der Waals surface area contributed by atoms with Crippen molar-refractivity contribution in [1.29, 1.82) is 5.26 Å². The van der Waals surface area contributed by atoms with Gasteiger partial charge in [-0.15, -0.1) is 0 Å². The summed E-state index contributed by atoms with van der Waals surface area (Å²) < 4.78 is 0. The third-order valence-electron chi connectivity index (χ3n) is 2.57. The van der Waals surface area contributed by atoms with Gasteiger partial charge in [0, 0.05) is 19.5 Å². The lowest BCUT2D eigenvalue weighted by Crippen LogP contribution is -2.09. The predicted octanol–water partition coefficient (Wildman–Crippen LogP) is 2.15. The van der Waals surface area contributed by atoms with Gasteiger partial charge in [0.25, 0.3) is 0 Å². The number of aliphatic carboxylic acids is 1. The van der Waals surface area contributed by atoms with Crippen LogP contribution in [0.1, 0.15) is 19.4 Å². The third-order valence-corrected chi connectivity index (χ3v) is 2.57. The van der Waals surface area contributed by atoms with Crippen LogP contribution in [0.2, 0.25) is 0 Å². The summed E-state index contributed by atoms with van der Waals surface area (Å²) in [6.45, 7) is 2.71. The molecule has 2 amide bonds. The van der Waals surface area contributed by atoms with E-state index in [-0.39, 0.29) is 11.8 Å². The molecule has 7 heteroatoms. The number of carbonyl (C=O) groups is 3. The fourth-order valence-corrected chi connectivity index (χ4v) is 1.68. The molecule has 1 aromatic rings. The van der Waals surface area contributed by atoms with Gasteiger partial charge in [0.05, 0.1) is 5.69 Å². The first kappa shape index (κ1) is 17.7. The minimum atomic E-state index is -1.32. The zero-order valence-electron chi connectivity index (χ0n) is 12.6. The van der Waals surface area contributed by atoms with Gasteiger partial charge >= 0.3 is 5.97 Å². The Morgan fingerprint density at radius 2 is 1.83 bits per heavy atom. The molecule has 0 fully saturated rings. The number of carboxylic acid groups (broad SMARTS) is 1. The molecule has 0 unspecified atom stereocenters. The Morgan fingerprint density at radius 3 is 2.35 bits per heavy atom. The van der Waals surface area contributed by atoms with Gasteiger partial charge in [-0.1, -0.05) is 18.2 Å². The van der Waals surface area contributed by atoms with Crippen LogP contribution in [0, 0.1) is 11.3 Å². The molecule has 0 saturated carbocycles. The number of hydrogen-bond donors (Lipinski definition) is 3. The number of nitriles is 1. The monoisotopic (exact) mass is 313 g/mol. The number of rotatable bonds is 5. The molecule has 0 aliphatic rings. The summed E-state index contributed by atoms with van der Waals surface area (Å²) in [7, 11) is 0. The number of hydrogen-bond acceptors (Lipinski definition) is 4. The van der Waals surface area contributed by atoms with Gasteiger partial charge in [0.1, 0.15) is 11.6 Å². The Kier molecular flexibility index (Phi) is 6.25. The maximum absolute atomic E-state index is 11.3. The summed E-state index contributed by atoms with van der Waals surface area (Å²) >= 11 is 0. The lowest BCUT2D eigenvalue weighted by Gasteiger charge is -2.10. The summed E-state index contributed by atoms with van der Waals surface area (Å²) in [6, 6.07) is 6.42. The standard InChI is InChI=1S/C16H15N3O4/c1-10(20)18-14-7-6-12(15(8-14)19-11(2)21)4-3-5-13(9-17)16(22)23/h3-8H,1-2H3,(H,18,20)(H,19,21)(H,22,23). The Hall–Kier alpha value is -3.40. The minimum Gasteiger partial charge on any atom is -0.477 e. The third kappa shape index (κ3) is 5.85. The average molecular weight is 313 g/mol. The second-order valence-corrected chi connectivity index (χ2v) is 4.52. The van der Waals surface area contributed by atoms with Crippen LogP contribution < -0.4 is 10.6 Å². The Bertz CT molecular complexity index is 742. The van der Waals surface area contributed by atoms with E-state index < -0.39 is 11.5 Å². The van der Waals surface area contributed by atoms with Gasteiger partial charge < -0.3 is 15.7 Å².